The van der Waals surface area contributed by atoms with Gasteiger partial charge in [0.2, 0.25) is 5.91 Å². The van der Waals surface area contributed by atoms with Crippen molar-refractivity contribution in [2.24, 2.45) is 29.1 Å². The first-order valence-electron chi connectivity index (χ1n) is 21.8. The van der Waals surface area contributed by atoms with Crippen LogP contribution in [0.15, 0.2) is 60.7 Å². The van der Waals surface area contributed by atoms with E-state index in [1.54, 1.807) is 19.1 Å². The van der Waals surface area contributed by atoms with E-state index in [-0.39, 0.29) is 47.9 Å². The maximum absolute atomic E-state index is 14.5. The number of hydrogen-bond donors (Lipinski definition) is 4. The quantitative estimate of drug-likeness (QED) is 0.140. The number of fused-ring (bicyclic) bond motifs is 2. The molecule has 3 aliphatic carbocycles. The van der Waals surface area contributed by atoms with Crippen LogP contribution in [0.1, 0.15) is 88.4 Å². The van der Waals surface area contributed by atoms with Crippen molar-refractivity contribution in [3.05, 3.63) is 82.9 Å². The van der Waals surface area contributed by atoms with Gasteiger partial charge in [-0.05, 0) is 110 Å². The number of hydrogen-bond acceptors (Lipinski definition) is 9. The molecule has 3 aromatic carbocycles. The summed E-state index contributed by atoms with van der Waals surface area (Å²) in [5.41, 5.74) is 5.96. The molecular weight excluding hydrogens is 755 g/mol. The Morgan fingerprint density at radius 2 is 1.73 bits per heavy atom. The molecular formula is C49H71N5O6. The minimum absolute atomic E-state index is 0.0242. The number of aliphatic hydroxyl groups is 2. The van der Waals surface area contributed by atoms with E-state index < -0.39 is 24.2 Å². The van der Waals surface area contributed by atoms with Crippen molar-refractivity contribution in [3.8, 4) is 16.9 Å². The van der Waals surface area contributed by atoms with Crippen molar-refractivity contribution in [1.29, 1.82) is 0 Å². The molecule has 4 N–H and O–H groups in total. The number of ether oxygens (including phenoxy) is 1. The molecule has 0 radical (unpaired) electrons. The number of aliphatic hydroxyl groups excluding tert-OH is 2. The zero-order valence-electron chi connectivity index (χ0n) is 38.1. The molecule has 9 atom stereocenters. The van der Waals surface area contributed by atoms with Gasteiger partial charge in [-0.15, -0.1) is 0 Å². The summed E-state index contributed by atoms with van der Waals surface area (Å²) < 4.78 is 6.28. The summed E-state index contributed by atoms with van der Waals surface area (Å²) in [5, 5.41) is 30.0. The average Bonchev–Trinajstić information content (AvgIpc) is 3.56. The van der Waals surface area contributed by atoms with E-state index in [4.69, 9.17) is 9.57 Å². The van der Waals surface area contributed by atoms with E-state index >= 15 is 0 Å². The Hall–Kier alpha value is -4.00. The van der Waals surface area contributed by atoms with Crippen molar-refractivity contribution in [1.82, 2.24) is 20.6 Å². The Labute approximate surface area is 358 Å². The molecule has 7 rings (SSSR count). The van der Waals surface area contributed by atoms with E-state index in [1.165, 1.54) is 6.42 Å². The second-order valence-electron chi connectivity index (χ2n) is 20.0. The predicted octanol–water partition coefficient (Wildman–Crippen LogP) is 6.29. The number of hydroxylamine groups is 2. The molecule has 3 aromatic rings. The normalized spacial score (nSPS) is 25.9. The molecule has 11 heteroatoms. The van der Waals surface area contributed by atoms with E-state index in [0.717, 1.165) is 39.9 Å². The number of amides is 2. The average molecular weight is 826 g/mol. The standard InChI is InChI=1S/C49H71N5O6/c1-29-40-24-36(49(40,6)7)25-41(29)51-47(58)44-43(30(2)56)42(28-55)60-54(44)26-34-20-35(48(3,4)5)23-39(45(34)59-12)32-19-33(22-38(21-32)53(10)11)46(57)50-37(27-52(8)9)18-31-16-14-13-15-17-31/h13-17,19-23,29-30,36-37,40-44,55-56H,18,24-28H2,1-12H3,(H,50,57)(H,51,58)/t29-,30-,36-,37-,40-,41-,42-,43+,44-/m0/s1. The number of nitrogens with one attached hydrogen (secondary N) is 2. The van der Waals surface area contributed by atoms with Crippen LogP contribution in [-0.4, -0.2) is 111 Å². The molecule has 2 bridgehead atoms. The molecule has 11 nitrogen and oxygen atoms in total. The van der Waals surface area contributed by atoms with Gasteiger partial charge < -0.3 is 35.4 Å². The van der Waals surface area contributed by atoms with Gasteiger partial charge >= 0.3 is 0 Å². The molecule has 0 spiro atoms. The fourth-order valence-corrected chi connectivity index (χ4v) is 10.3. The Kier molecular flexibility index (Phi) is 13.8. The first kappa shape index (κ1) is 45.5. The van der Waals surface area contributed by atoms with Gasteiger partial charge in [-0.25, -0.2) is 0 Å². The van der Waals surface area contributed by atoms with Crippen LogP contribution in [0.3, 0.4) is 0 Å². The summed E-state index contributed by atoms with van der Waals surface area (Å²) >= 11 is 0. The minimum atomic E-state index is -0.916. The van der Waals surface area contributed by atoms with Gasteiger partial charge in [-0.1, -0.05) is 77.9 Å². The number of likely N-dealkylation sites (N-methyl/N-ethyl adjacent to an activating group) is 1. The Morgan fingerprint density at radius 1 is 1.03 bits per heavy atom. The number of anilines is 1. The molecule has 4 fully saturated rings. The third-order valence-corrected chi connectivity index (χ3v) is 13.9. The largest absolute Gasteiger partial charge is 0.496 e. The monoisotopic (exact) mass is 826 g/mol. The van der Waals surface area contributed by atoms with E-state index in [1.807, 2.05) is 63.4 Å². The topological polar surface area (TPSA) is 127 Å². The van der Waals surface area contributed by atoms with E-state index in [2.05, 4.69) is 87.4 Å². The molecule has 328 valence electrons. The van der Waals surface area contributed by atoms with Gasteiger partial charge in [0.1, 0.15) is 17.9 Å². The SMILES string of the molecule is COc1c(CN2O[C@@H](CO)[C@@H]([C@H](C)O)[C@H]2C(=O)N[C@H]2C[C@@H]3C[C@@H]([C@@H]2C)C3(C)C)cc(C(C)(C)C)cc1-c1cc(C(=O)N[C@@H](Cc2ccccc2)CN(C)C)cc(N(C)C)c1. The number of carbonyl (C=O) groups is 2. The fourth-order valence-electron chi connectivity index (χ4n) is 10.3. The first-order chi connectivity index (χ1) is 28.2. The van der Waals surface area contributed by atoms with Crippen LogP contribution in [0.4, 0.5) is 5.69 Å². The number of benzene rings is 3. The lowest BCUT2D eigenvalue weighted by Gasteiger charge is -2.62. The van der Waals surface area contributed by atoms with Crippen LogP contribution in [0, 0.1) is 29.1 Å². The lowest BCUT2D eigenvalue weighted by Crippen LogP contribution is -2.62. The Bertz CT molecular complexity index is 1980. The van der Waals surface area contributed by atoms with Gasteiger partial charge in [-0.2, -0.15) is 5.06 Å². The van der Waals surface area contributed by atoms with Crippen molar-refractivity contribution in [2.45, 2.75) is 110 Å². The third-order valence-electron chi connectivity index (χ3n) is 13.9. The zero-order valence-corrected chi connectivity index (χ0v) is 38.1. The minimum Gasteiger partial charge on any atom is -0.496 e. The maximum atomic E-state index is 14.5. The summed E-state index contributed by atoms with van der Waals surface area (Å²) in [7, 11) is 9.58. The zero-order chi connectivity index (χ0) is 43.8. The Morgan fingerprint density at radius 3 is 2.30 bits per heavy atom. The van der Waals surface area contributed by atoms with Crippen molar-refractivity contribution < 1.29 is 29.4 Å². The van der Waals surface area contributed by atoms with E-state index in [9.17, 15) is 19.8 Å². The molecule has 1 heterocycles. The molecule has 2 amide bonds. The maximum Gasteiger partial charge on any atom is 0.251 e. The first-order valence-corrected chi connectivity index (χ1v) is 21.8. The van der Waals surface area contributed by atoms with Crippen molar-refractivity contribution >= 4 is 17.5 Å². The van der Waals surface area contributed by atoms with E-state index in [0.29, 0.717) is 42.0 Å². The Balaban J connectivity index is 1.37. The van der Waals surface area contributed by atoms with Crippen LogP contribution < -0.4 is 20.3 Å². The smallest absolute Gasteiger partial charge is 0.251 e. The van der Waals surface area contributed by atoms with Gasteiger partial charge in [0.05, 0.1) is 26.4 Å². The number of rotatable bonds is 15. The second kappa shape index (κ2) is 18.2. The molecule has 1 aliphatic heterocycles. The summed E-state index contributed by atoms with van der Waals surface area (Å²) in [6, 6.07) is 19.4. The lowest BCUT2D eigenvalue weighted by atomic mass is 9.45. The van der Waals surface area contributed by atoms with Crippen LogP contribution in [0.5, 0.6) is 5.75 Å². The molecule has 0 aromatic heterocycles. The molecule has 1 saturated heterocycles. The highest BCUT2D eigenvalue weighted by molar-refractivity contribution is 5.97. The molecule has 0 unspecified atom stereocenters. The van der Waals surface area contributed by atoms with Crippen LogP contribution in [0.25, 0.3) is 11.1 Å². The highest BCUT2D eigenvalue weighted by atomic mass is 16.7. The van der Waals surface area contributed by atoms with Crippen molar-refractivity contribution in [3.63, 3.8) is 0 Å². The highest BCUT2D eigenvalue weighted by Gasteiger charge is 2.57. The van der Waals surface area contributed by atoms with Crippen LogP contribution in [0.2, 0.25) is 0 Å². The molecule has 4 aliphatic rings. The van der Waals surface area contributed by atoms with Gasteiger partial charge in [0.15, 0.2) is 0 Å². The van der Waals surface area contributed by atoms with Crippen LogP contribution in [-0.2, 0) is 28.0 Å². The highest BCUT2D eigenvalue weighted by Crippen LogP contribution is 2.61. The second-order valence-corrected chi connectivity index (χ2v) is 20.0. The number of nitrogens with zero attached hydrogens (tertiary/aromatic N) is 3. The summed E-state index contributed by atoms with van der Waals surface area (Å²) in [5.74, 6) is 0.992. The number of carbonyl (C=O) groups excluding carboxylic acids is 2. The summed E-state index contributed by atoms with van der Waals surface area (Å²) in [6.45, 7) is 15.5. The summed E-state index contributed by atoms with van der Waals surface area (Å²) in [6.07, 6.45) is 1.13. The van der Waals surface area contributed by atoms with Crippen molar-refractivity contribution in [2.75, 3.05) is 53.4 Å². The third kappa shape index (κ3) is 9.55. The fraction of sp³-hybridized carbons (Fsp3) is 0.592. The number of methoxy groups -OCH3 is 1. The van der Waals surface area contributed by atoms with Gasteiger partial charge in [0, 0.05) is 61.0 Å². The molecule has 3 saturated carbocycles. The van der Waals surface area contributed by atoms with Gasteiger partial charge in [-0.3, -0.25) is 14.4 Å². The molecule has 60 heavy (non-hydrogen) atoms. The predicted molar refractivity (Wildman–Crippen MR) is 239 cm³/mol. The van der Waals surface area contributed by atoms with Crippen LogP contribution >= 0.6 is 0 Å². The summed E-state index contributed by atoms with van der Waals surface area (Å²) in [4.78, 5) is 39.3. The van der Waals surface area contributed by atoms with Gasteiger partial charge in [0.25, 0.3) is 5.91 Å². The lowest BCUT2D eigenvalue weighted by molar-refractivity contribution is -0.183.